The molecule has 0 radical (unpaired) electrons. The van der Waals surface area contributed by atoms with Gasteiger partial charge in [-0.25, -0.2) is 4.79 Å². The van der Waals surface area contributed by atoms with Gasteiger partial charge in [-0.05, 0) is 61.5 Å². The van der Waals surface area contributed by atoms with Crippen molar-refractivity contribution in [3.63, 3.8) is 0 Å². The lowest BCUT2D eigenvalue weighted by atomic mass is 10.1. The highest BCUT2D eigenvalue weighted by Crippen LogP contribution is 2.43. The van der Waals surface area contributed by atoms with Gasteiger partial charge in [-0.1, -0.05) is 13.8 Å². The van der Waals surface area contributed by atoms with Gasteiger partial charge in [0.2, 0.25) is 0 Å². The maximum Gasteiger partial charge on any atom is 0.519 e. The highest BCUT2D eigenvalue weighted by molar-refractivity contribution is 5.69. The molecule has 0 heterocycles. The minimum Gasteiger partial charge on any atom is -0.394 e. The Balaban J connectivity index is 1.52. The Morgan fingerprint density at radius 2 is 1.22 bits per heavy atom. The number of rotatable bonds is 8. The van der Waals surface area contributed by atoms with Gasteiger partial charge >= 0.3 is 6.16 Å². The normalized spacial score (nSPS) is 23.3. The largest absolute Gasteiger partial charge is 0.519 e. The fraction of sp³-hybridized carbons (Fsp3) is 0.435. The van der Waals surface area contributed by atoms with E-state index in [0.29, 0.717) is 47.6 Å². The molecule has 2 aromatic rings. The van der Waals surface area contributed by atoms with Crippen LogP contribution in [0.15, 0.2) is 36.4 Å². The summed E-state index contributed by atoms with van der Waals surface area (Å²) in [6.07, 6.45) is 2.22. The summed E-state index contributed by atoms with van der Waals surface area (Å²) in [5.74, 6) is 2.30. The molecule has 0 amide bonds. The maximum atomic E-state index is 12.5. The number of carbonyl (C=O) groups is 1. The SMILES string of the molecule is CC1CC1Cc1cc([N+](=O)[O-])ccc1OC(=O)Oc1ccc([N+](=O)[O-])cc1CC1CC1C. The van der Waals surface area contributed by atoms with Crippen molar-refractivity contribution in [3.8, 4) is 11.5 Å². The Labute approximate surface area is 184 Å². The molecule has 4 rings (SSSR count). The molecule has 2 aliphatic carbocycles. The van der Waals surface area contributed by atoms with Crippen molar-refractivity contribution in [2.24, 2.45) is 23.7 Å². The first-order chi connectivity index (χ1) is 15.2. The topological polar surface area (TPSA) is 122 Å². The van der Waals surface area contributed by atoms with Crippen LogP contribution in [0.5, 0.6) is 11.5 Å². The quantitative estimate of drug-likeness (QED) is 0.231. The van der Waals surface area contributed by atoms with Gasteiger partial charge < -0.3 is 9.47 Å². The lowest BCUT2D eigenvalue weighted by Crippen LogP contribution is -2.16. The molecule has 0 saturated heterocycles. The van der Waals surface area contributed by atoms with Crippen LogP contribution in [0.2, 0.25) is 0 Å². The standard InChI is InChI=1S/C23H24N2O7/c1-13-7-15(13)9-17-11-19(24(27)28)3-5-21(17)31-23(26)32-22-6-4-20(25(29)30)12-18(22)10-16-8-14(16)2/h3-6,11-16H,7-10H2,1-2H3. The Morgan fingerprint density at radius 3 is 1.53 bits per heavy atom. The zero-order valence-electron chi connectivity index (χ0n) is 17.9. The predicted molar refractivity (Wildman–Crippen MR) is 115 cm³/mol. The number of non-ortho nitro benzene ring substituents is 2. The number of benzene rings is 2. The predicted octanol–water partition coefficient (Wildman–Crippen LogP) is 5.48. The third-order valence-electron chi connectivity index (χ3n) is 6.41. The van der Waals surface area contributed by atoms with Gasteiger partial charge in [-0.3, -0.25) is 20.2 Å². The average molecular weight is 440 g/mol. The molecule has 2 aliphatic rings. The van der Waals surface area contributed by atoms with Crippen LogP contribution in [0.3, 0.4) is 0 Å². The van der Waals surface area contributed by atoms with E-state index in [-0.39, 0.29) is 22.9 Å². The lowest BCUT2D eigenvalue weighted by Gasteiger charge is -2.12. The maximum absolute atomic E-state index is 12.5. The first-order valence-electron chi connectivity index (χ1n) is 10.7. The number of carbonyl (C=O) groups excluding carboxylic acids is 1. The molecule has 9 heteroatoms. The van der Waals surface area contributed by atoms with Crippen LogP contribution in [0, 0.1) is 43.9 Å². The van der Waals surface area contributed by atoms with E-state index >= 15 is 0 Å². The summed E-state index contributed by atoms with van der Waals surface area (Å²) < 4.78 is 10.8. The Hall–Kier alpha value is -3.49. The van der Waals surface area contributed by atoms with Crippen molar-refractivity contribution in [1.29, 1.82) is 0 Å². The van der Waals surface area contributed by atoms with Crippen LogP contribution in [-0.2, 0) is 12.8 Å². The average Bonchev–Trinajstić information content (AvgIpc) is 3.63. The molecule has 9 nitrogen and oxygen atoms in total. The number of hydrogen-bond donors (Lipinski definition) is 0. The van der Waals surface area contributed by atoms with E-state index in [1.165, 1.54) is 36.4 Å². The molecular weight excluding hydrogens is 416 g/mol. The van der Waals surface area contributed by atoms with Gasteiger partial charge in [0.05, 0.1) is 9.85 Å². The second-order valence-corrected chi connectivity index (χ2v) is 8.91. The number of ether oxygens (including phenoxy) is 2. The Kier molecular flexibility index (Phi) is 5.82. The number of nitrogens with zero attached hydrogens (tertiary/aromatic N) is 2. The van der Waals surface area contributed by atoms with E-state index < -0.39 is 16.0 Å². The first-order valence-corrected chi connectivity index (χ1v) is 10.7. The molecule has 32 heavy (non-hydrogen) atoms. The molecule has 2 saturated carbocycles. The fourth-order valence-corrected chi connectivity index (χ4v) is 4.01. The molecule has 4 unspecified atom stereocenters. The van der Waals surface area contributed by atoms with Gasteiger partial charge in [0.15, 0.2) is 0 Å². The van der Waals surface area contributed by atoms with Crippen molar-refractivity contribution in [2.45, 2.75) is 39.5 Å². The van der Waals surface area contributed by atoms with Crippen LogP contribution in [-0.4, -0.2) is 16.0 Å². The van der Waals surface area contributed by atoms with Gasteiger partial charge in [0.1, 0.15) is 11.5 Å². The van der Waals surface area contributed by atoms with Crippen LogP contribution in [0.1, 0.15) is 37.8 Å². The summed E-state index contributed by atoms with van der Waals surface area (Å²) in [7, 11) is 0. The van der Waals surface area contributed by atoms with Gasteiger partial charge in [0, 0.05) is 35.4 Å². The van der Waals surface area contributed by atoms with Crippen molar-refractivity contribution in [1.82, 2.24) is 0 Å². The minimum atomic E-state index is -0.983. The second-order valence-electron chi connectivity index (χ2n) is 8.91. The monoisotopic (exact) mass is 440 g/mol. The minimum absolute atomic E-state index is 0.0646. The molecule has 0 aromatic heterocycles. The van der Waals surface area contributed by atoms with Crippen molar-refractivity contribution in [3.05, 3.63) is 67.8 Å². The van der Waals surface area contributed by atoms with E-state index in [4.69, 9.17) is 9.47 Å². The van der Waals surface area contributed by atoms with E-state index in [1.807, 2.05) is 0 Å². The lowest BCUT2D eigenvalue weighted by molar-refractivity contribution is -0.385. The Morgan fingerprint density at radius 1 is 0.844 bits per heavy atom. The van der Waals surface area contributed by atoms with E-state index in [1.54, 1.807) is 0 Å². The van der Waals surface area contributed by atoms with Crippen LogP contribution < -0.4 is 9.47 Å². The molecule has 0 spiro atoms. The molecule has 0 N–H and O–H groups in total. The summed E-state index contributed by atoms with van der Waals surface area (Å²) in [6, 6.07) is 8.25. The van der Waals surface area contributed by atoms with Crippen LogP contribution >= 0.6 is 0 Å². The molecular formula is C23H24N2O7. The molecule has 4 atom stereocenters. The fourth-order valence-electron chi connectivity index (χ4n) is 4.01. The molecule has 0 bridgehead atoms. The molecule has 2 fully saturated rings. The highest BCUT2D eigenvalue weighted by atomic mass is 16.7. The summed E-state index contributed by atoms with van der Waals surface area (Å²) >= 11 is 0. The van der Waals surface area contributed by atoms with Gasteiger partial charge in [-0.15, -0.1) is 0 Å². The molecule has 168 valence electrons. The summed E-state index contributed by atoms with van der Waals surface area (Å²) in [6.45, 7) is 4.21. The second kappa shape index (κ2) is 8.57. The third-order valence-corrected chi connectivity index (χ3v) is 6.41. The zero-order valence-corrected chi connectivity index (χ0v) is 17.9. The third kappa shape index (κ3) is 5.04. The van der Waals surface area contributed by atoms with Gasteiger partial charge in [-0.2, -0.15) is 0 Å². The summed E-state index contributed by atoms with van der Waals surface area (Å²) in [5, 5.41) is 22.3. The van der Waals surface area contributed by atoms with Crippen LogP contribution in [0.4, 0.5) is 16.2 Å². The Bertz CT molecular complexity index is 1000. The molecule has 2 aromatic carbocycles. The van der Waals surface area contributed by atoms with E-state index in [0.717, 1.165) is 12.8 Å². The number of nitro benzene ring substituents is 2. The van der Waals surface area contributed by atoms with Crippen LogP contribution in [0.25, 0.3) is 0 Å². The van der Waals surface area contributed by atoms with E-state index in [2.05, 4.69) is 13.8 Å². The van der Waals surface area contributed by atoms with Crippen molar-refractivity contribution >= 4 is 17.5 Å². The number of nitro groups is 2. The van der Waals surface area contributed by atoms with E-state index in [9.17, 15) is 25.0 Å². The summed E-state index contributed by atoms with van der Waals surface area (Å²) in [5.41, 5.74) is 1.04. The molecule has 0 aliphatic heterocycles. The first kappa shape index (κ1) is 21.7. The zero-order chi connectivity index (χ0) is 23.0. The van der Waals surface area contributed by atoms with Crippen molar-refractivity contribution < 1.29 is 24.1 Å². The smallest absolute Gasteiger partial charge is 0.394 e. The van der Waals surface area contributed by atoms with Crippen molar-refractivity contribution in [2.75, 3.05) is 0 Å². The highest BCUT2D eigenvalue weighted by Gasteiger charge is 2.35. The summed E-state index contributed by atoms with van der Waals surface area (Å²) in [4.78, 5) is 33.9. The number of hydrogen-bond acceptors (Lipinski definition) is 7. The van der Waals surface area contributed by atoms with Gasteiger partial charge in [0.25, 0.3) is 11.4 Å².